The van der Waals surface area contributed by atoms with E-state index in [0.29, 0.717) is 18.4 Å². The minimum Gasteiger partial charge on any atom is -0.385 e. The molecule has 0 spiro atoms. The minimum atomic E-state index is -1.05. The minimum absolute atomic E-state index is 0.227. The van der Waals surface area contributed by atoms with Crippen molar-refractivity contribution in [2.45, 2.75) is 37.7 Å². The predicted molar refractivity (Wildman–Crippen MR) is 56.2 cm³/mol. The number of pyridine rings is 1. The molecule has 1 N–H and O–H groups in total. The molecule has 2 nitrogen and oxygen atoms in total. The Morgan fingerprint density at radius 2 is 2.00 bits per heavy atom. The average Bonchev–Trinajstić information content (AvgIpc) is 2.23. The van der Waals surface area contributed by atoms with Gasteiger partial charge in [-0.3, -0.25) is 0 Å². The first-order chi connectivity index (χ1) is 7.12. The molecule has 0 radical (unpaired) electrons. The van der Waals surface area contributed by atoms with E-state index in [0.717, 1.165) is 25.5 Å². The number of hydrogen-bond acceptors (Lipinski definition) is 2. The van der Waals surface area contributed by atoms with Gasteiger partial charge >= 0.3 is 0 Å². The highest BCUT2D eigenvalue weighted by Gasteiger charge is 2.33. The third-order valence-electron chi connectivity index (χ3n) is 3.00. The molecule has 0 aromatic carbocycles. The van der Waals surface area contributed by atoms with Crippen molar-refractivity contribution in [3.8, 4) is 0 Å². The lowest BCUT2D eigenvalue weighted by molar-refractivity contribution is -0.00384. The second-order valence-electron chi connectivity index (χ2n) is 4.08. The second-order valence-corrected chi connectivity index (χ2v) is 4.47. The first kappa shape index (κ1) is 10.8. The molecule has 1 aromatic heterocycles. The topological polar surface area (TPSA) is 33.1 Å². The molecule has 0 unspecified atom stereocenters. The fourth-order valence-corrected chi connectivity index (χ4v) is 2.33. The second kappa shape index (κ2) is 4.06. The van der Waals surface area contributed by atoms with Crippen LogP contribution in [-0.2, 0) is 5.60 Å². The van der Waals surface area contributed by atoms with Gasteiger partial charge in [-0.25, -0.2) is 9.37 Å². The Morgan fingerprint density at radius 1 is 1.33 bits per heavy atom. The summed E-state index contributed by atoms with van der Waals surface area (Å²) in [7, 11) is 0. The largest absolute Gasteiger partial charge is 0.385 e. The van der Waals surface area contributed by atoms with Gasteiger partial charge in [0.1, 0.15) is 11.0 Å². The van der Waals surface area contributed by atoms with Gasteiger partial charge in [0.15, 0.2) is 0 Å². The van der Waals surface area contributed by atoms with Crippen LogP contribution in [-0.4, -0.2) is 10.1 Å². The highest BCUT2D eigenvalue weighted by molar-refractivity contribution is 6.29. The van der Waals surface area contributed by atoms with Crippen molar-refractivity contribution in [2.75, 3.05) is 0 Å². The summed E-state index contributed by atoms with van der Waals surface area (Å²) in [5, 5.41) is 10.5. The van der Waals surface area contributed by atoms with Crippen molar-refractivity contribution in [2.24, 2.45) is 0 Å². The molecule has 1 fully saturated rings. The van der Waals surface area contributed by atoms with E-state index in [-0.39, 0.29) is 5.15 Å². The molecule has 1 aliphatic rings. The van der Waals surface area contributed by atoms with Crippen LogP contribution in [0.5, 0.6) is 0 Å². The normalized spacial score (nSPS) is 20.2. The Labute approximate surface area is 93.1 Å². The fraction of sp³-hybridized carbons (Fsp3) is 0.545. The predicted octanol–water partition coefficient (Wildman–Crippen LogP) is 3.03. The molecule has 0 atom stereocenters. The van der Waals surface area contributed by atoms with Crippen LogP contribution < -0.4 is 0 Å². The van der Waals surface area contributed by atoms with Gasteiger partial charge in [0.05, 0.1) is 11.8 Å². The molecule has 1 saturated carbocycles. The van der Waals surface area contributed by atoms with E-state index in [1.165, 1.54) is 6.07 Å². The number of aliphatic hydroxyl groups is 1. The number of halogens is 2. The van der Waals surface area contributed by atoms with Crippen LogP contribution in [0, 0.1) is 5.82 Å². The zero-order valence-corrected chi connectivity index (χ0v) is 9.10. The first-order valence-electron chi connectivity index (χ1n) is 5.16. The van der Waals surface area contributed by atoms with Crippen molar-refractivity contribution < 1.29 is 9.50 Å². The Kier molecular flexibility index (Phi) is 2.94. The van der Waals surface area contributed by atoms with E-state index >= 15 is 0 Å². The Bertz CT molecular complexity index is 364. The number of rotatable bonds is 1. The van der Waals surface area contributed by atoms with Crippen LogP contribution in [0.2, 0.25) is 5.15 Å². The van der Waals surface area contributed by atoms with Crippen LogP contribution in [0.3, 0.4) is 0 Å². The number of nitrogens with zero attached hydrogens (tertiary/aromatic N) is 1. The molecule has 1 aromatic rings. The van der Waals surface area contributed by atoms with Gasteiger partial charge in [0, 0.05) is 5.56 Å². The molecular weight excluding hydrogens is 217 g/mol. The third-order valence-corrected chi connectivity index (χ3v) is 3.21. The van der Waals surface area contributed by atoms with Crippen LogP contribution in [0.1, 0.15) is 37.7 Å². The summed E-state index contributed by atoms with van der Waals surface area (Å²) in [5.74, 6) is -0.469. The van der Waals surface area contributed by atoms with Crippen molar-refractivity contribution >= 4 is 11.6 Å². The van der Waals surface area contributed by atoms with E-state index in [2.05, 4.69) is 4.98 Å². The van der Waals surface area contributed by atoms with Gasteiger partial charge in [-0.2, -0.15) is 0 Å². The summed E-state index contributed by atoms with van der Waals surface area (Å²) in [6.45, 7) is 0. The Morgan fingerprint density at radius 3 is 2.67 bits per heavy atom. The van der Waals surface area contributed by atoms with Crippen molar-refractivity contribution in [3.63, 3.8) is 0 Å². The van der Waals surface area contributed by atoms with E-state index < -0.39 is 11.4 Å². The average molecular weight is 230 g/mol. The lowest BCUT2D eigenvalue weighted by atomic mass is 9.80. The first-order valence-corrected chi connectivity index (χ1v) is 5.53. The van der Waals surface area contributed by atoms with Crippen molar-refractivity contribution in [3.05, 3.63) is 28.8 Å². The zero-order chi connectivity index (χ0) is 10.9. The summed E-state index contributed by atoms with van der Waals surface area (Å²) < 4.78 is 13.5. The molecule has 0 amide bonds. The van der Waals surface area contributed by atoms with Crippen LogP contribution in [0.25, 0.3) is 0 Å². The lowest BCUT2D eigenvalue weighted by Gasteiger charge is -2.32. The summed E-state index contributed by atoms with van der Waals surface area (Å²) >= 11 is 5.71. The van der Waals surface area contributed by atoms with Gasteiger partial charge in [-0.05, 0) is 18.9 Å². The maximum atomic E-state index is 13.5. The lowest BCUT2D eigenvalue weighted by Crippen LogP contribution is -2.29. The van der Waals surface area contributed by atoms with Crippen LogP contribution >= 0.6 is 11.6 Å². The summed E-state index contributed by atoms with van der Waals surface area (Å²) in [6, 6.07) is 1.43. The Hall–Kier alpha value is -0.670. The summed E-state index contributed by atoms with van der Waals surface area (Å²) in [5.41, 5.74) is -0.753. The molecule has 0 bridgehead atoms. The smallest absolute Gasteiger partial charge is 0.147 e. The third kappa shape index (κ3) is 2.13. The fourth-order valence-electron chi connectivity index (χ4n) is 2.18. The van der Waals surface area contributed by atoms with E-state index in [4.69, 9.17) is 11.6 Å². The quantitative estimate of drug-likeness (QED) is 0.751. The van der Waals surface area contributed by atoms with Crippen LogP contribution in [0.15, 0.2) is 12.3 Å². The number of aromatic nitrogens is 1. The SMILES string of the molecule is OC1(c2cc(Cl)ncc2F)CCCCC1. The van der Waals surface area contributed by atoms with Gasteiger partial charge < -0.3 is 5.11 Å². The van der Waals surface area contributed by atoms with E-state index in [1.54, 1.807) is 0 Å². The molecule has 2 rings (SSSR count). The van der Waals surface area contributed by atoms with Crippen molar-refractivity contribution in [1.29, 1.82) is 0 Å². The molecule has 82 valence electrons. The molecule has 1 heterocycles. The monoisotopic (exact) mass is 229 g/mol. The maximum Gasteiger partial charge on any atom is 0.147 e. The maximum absolute atomic E-state index is 13.5. The highest BCUT2D eigenvalue weighted by atomic mass is 35.5. The number of hydrogen-bond donors (Lipinski definition) is 1. The molecular formula is C11H13ClFNO. The molecule has 4 heteroatoms. The summed E-state index contributed by atoms with van der Waals surface area (Å²) in [6.07, 6.45) is 5.23. The van der Waals surface area contributed by atoms with Gasteiger partial charge in [0.2, 0.25) is 0 Å². The van der Waals surface area contributed by atoms with Gasteiger partial charge in [0.25, 0.3) is 0 Å². The zero-order valence-electron chi connectivity index (χ0n) is 8.34. The molecule has 0 aliphatic heterocycles. The van der Waals surface area contributed by atoms with E-state index in [1.807, 2.05) is 0 Å². The van der Waals surface area contributed by atoms with Crippen molar-refractivity contribution in [1.82, 2.24) is 4.98 Å². The standard InChI is InChI=1S/C11H13ClFNO/c12-10-6-8(9(13)7-14-10)11(15)4-2-1-3-5-11/h6-7,15H,1-5H2. The molecule has 1 aliphatic carbocycles. The van der Waals surface area contributed by atoms with Crippen LogP contribution in [0.4, 0.5) is 4.39 Å². The van der Waals surface area contributed by atoms with E-state index in [9.17, 15) is 9.50 Å². The highest BCUT2D eigenvalue weighted by Crippen LogP contribution is 2.38. The Balaban J connectivity index is 2.38. The molecule has 0 saturated heterocycles. The van der Waals surface area contributed by atoms with Gasteiger partial charge in [-0.1, -0.05) is 30.9 Å². The summed E-state index contributed by atoms with van der Waals surface area (Å²) in [4.78, 5) is 3.64. The molecule has 15 heavy (non-hydrogen) atoms. The van der Waals surface area contributed by atoms with Gasteiger partial charge in [-0.15, -0.1) is 0 Å².